The number of aromatic amines is 1. The summed E-state index contributed by atoms with van der Waals surface area (Å²) in [6, 6.07) is 12.2. The molecule has 1 N–H and O–H groups in total. The highest BCUT2D eigenvalue weighted by Crippen LogP contribution is 2.24. The first kappa shape index (κ1) is 17.0. The van der Waals surface area contributed by atoms with Crippen molar-refractivity contribution in [2.45, 2.75) is 32.5 Å². The highest BCUT2D eigenvalue weighted by atomic mass is 16.2. The first-order chi connectivity index (χ1) is 12.0. The van der Waals surface area contributed by atoms with Gasteiger partial charge in [0.25, 0.3) is 0 Å². The van der Waals surface area contributed by atoms with Gasteiger partial charge in [-0.2, -0.15) is 0 Å². The van der Waals surface area contributed by atoms with E-state index in [0.29, 0.717) is 25.2 Å². The molecule has 1 aromatic heterocycles. The number of pyridine rings is 1. The van der Waals surface area contributed by atoms with Crippen LogP contribution in [0.4, 0.5) is 0 Å². The van der Waals surface area contributed by atoms with Gasteiger partial charge in [0.05, 0.1) is 6.54 Å². The smallest absolute Gasteiger partial charge is 0.248 e. The third-order valence-corrected chi connectivity index (χ3v) is 4.55. The lowest BCUT2D eigenvalue weighted by atomic mass is 9.93. The van der Waals surface area contributed by atoms with Crippen molar-refractivity contribution >= 4 is 11.8 Å². The summed E-state index contributed by atoms with van der Waals surface area (Å²) in [5, 5.41) is 0. The number of amides is 2. The molecule has 0 saturated heterocycles. The van der Waals surface area contributed by atoms with Crippen LogP contribution >= 0.6 is 0 Å². The minimum absolute atomic E-state index is 0.116. The van der Waals surface area contributed by atoms with Crippen LogP contribution in [-0.4, -0.2) is 39.7 Å². The lowest BCUT2D eigenvalue weighted by molar-refractivity contribution is -0.145. The molecule has 0 radical (unpaired) electrons. The fourth-order valence-corrected chi connectivity index (χ4v) is 3.25. The van der Waals surface area contributed by atoms with Crippen LogP contribution in [0.2, 0.25) is 0 Å². The number of nitrogens with one attached hydrogen (secondary N) is 1. The number of hydrogen-bond donors (Lipinski definition) is 1. The van der Waals surface area contributed by atoms with Crippen molar-refractivity contribution in [3.63, 3.8) is 0 Å². The second kappa shape index (κ2) is 6.93. The molecule has 25 heavy (non-hydrogen) atoms. The third-order valence-electron chi connectivity index (χ3n) is 4.55. The Balaban J connectivity index is 1.81. The van der Waals surface area contributed by atoms with Crippen LogP contribution in [0, 0.1) is 0 Å². The molecule has 0 spiro atoms. The molecular weight excluding hydrogens is 318 g/mol. The number of rotatable bonds is 3. The van der Waals surface area contributed by atoms with Crippen molar-refractivity contribution in [2.24, 2.45) is 0 Å². The van der Waals surface area contributed by atoms with Gasteiger partial charge in [-0.05, 0) is 17.2 Å². The quantitative estimate of drug-likeness (QED) is 0.916. The van der Waals surface area contributed by atoms with Gasteiger partial charge in [-0.15, -0.1) is 0 Å². The standard InChI is InChI=1S/C19H21N3O3/c1-13(23)22-11-15-7-4-3-6-14(15)10-17(22)19(25)21(2)12-16-8-5-9-18(24)20-16/h3-9,17H,10-12H2,1-2H3,(H,20,24)/t17-/m0/s1. The molecule has 2 aromatic rings. The van der Waals surface area contributed by atoms with Crippen LogP contribution in [0.5, 0.6) is 0 Å². The van der Waals surface area contributed by atoms with Gasteiger partial charge < -0.3 is 14.8 Å². The molecular formula is C19H21N3O3. The van der Waals surface area contributed by atoms with Crippen molar-refractivity contribution in [1.82, 2.24) is 14.8 Å². The molecule has 1 aliphatic rings. The van der Waals surface area contributed by atoms with E-state index in [4.69, 9.17) is 0 Å². The zero-order valence-electron chi connectivity index (χ0n) is 14.4. The summed E-state index contributed by atoms with van der Waals surface area (Å²) in [7, 11) is 1.69. The SMILES string of the molecule is CC(=O)N1Cc2ccccc2C[C@H]1C(=O)N(C)Cc1cccc(=O)[nH]1. The molecule has 1 atom stereocenters. The van der Waals surface area contributed by atoms with Crippen molar-refractivity contribution in [2.75, 3.05) is 7.05 Å². The summed E-state index contributed by atoms with van der Waals surface area (Å²) in [5.74, 6) is -0.247. The van der Waals surface area contributed by atoms with Crippen LogP contribution in [0.25, 0.3) is 0 Å². The van der Waals surface area contributed by atoms with E-state index in [-0.39, 0.29) is 17.4 Å². The third kappa shape index (κ3) is 3.63. The van der Waals surface area contributed by atoms with Gasteiger partial charge in [-0.25, -0.2) is 0 Å². The summed E-state index contributed by atoms with van der Waals surface area (Å²) in [4.78, 5) is 42.3. The predicted molar refractivity (Wildman–Crippen MR) is 93.7 cm³/mol. The van der Waals surface area contributed by atoms with E-state index < -0.39 is 6.04 Å². The number of benzene rings is 1. The molecule has 6 heteroatoms. The lowest BCUT2D eigenvalue weighted by Gasteiger charge is -2.37. The number of carbonyl (C=O) groups excluding carboxylic acids is 2. The summed E-state index contributed by atoms with van der Waals surface area (Å²) >= 11 is 0. The minimum Gasteiger partial charge on any atom is -0.338 e. The zero-order valence-corrected chi connectivity index (χ0v) is 14.4. The van der Waals surface area contributed by atoms with E-state index in [1.807, 2.05) is 24.3 Å². The summed E-state index contributed by atoms with van der Waals surface area (Å²) < 4.78 is 0. The van der Waals surface area contributed by atoms with Gasteiger partial charge in [0.2, 0.25) is 17.4 Å². The van der Waals surface area contributed by atoms with Crippen molar-refractivity contribution in [3.8, 4) is 0 Å². The van der Waals surface area contributed by atoms with E-state index in [1.54, 1.807) is 29.0 Å². The number of carbonyl (C=O) groups is 2. The van der Waals surface area contributed by atoms with E-state index in [9.17, 15) is 14.4 Å². The average Bonchev–Trinajstić information content (AvgIpc) is 2.59. The summed E-state index contributed by atoms with van der Waals surface area (Å²) in [5.41, 5.74) is 2.64. The van der Waals surface area contributed by atoms with Crippen LogP contribution in [0.15, 0.2) is 47.3 Å². The Bertz CT molecular complexity index is 859. The Labute approximate surface area is 146 Å². The first-order valence-corrected chi connectivity index (χ1v) is 8.23. The van der Waals surface area contributed by atoms with Gasteiger partial charge in [0, 0.05) is 38.7 Å². The normalized spacial score (nSPS) is 16.2. The molecule has 2 heterocycles. The van der Waals surface area contributed by atoms with E-state index in [0.717, 1.165) is 11.1 Å². The maximum atomic E-state index is 13.0. The molecule has 1 aliphatic heterocycles. The van der Waals surface area contributed by atoms with Crippen LogP contribution in [0.3, 0.4) is 0 Å². The molecule has 0 unspecified atom stereocenters. The summed E-state index contributed by atoms with van der Waals surface area (Å²) in [6.07, 6.45) is 0.504. The maximum Gasteiger partial charge on any atom is 0.248 e. The van der Waals surface area contributed by atoms with Crippen LogP contribution in [0.1, 0.15) is 23.7 Å². The number of likely N-dealkylation sites (N-methyl/N-ethyl adjacent to an activating group) is 1. The second-order valence-electron chi connectivity index (χ2n) is 6.37. The molecule has 0 fully saturated rings. The Morgan fingerprint density at radius 1 is 1.16 bits per heavy atom. The number of nitrogens with zero attached hydrogens (tertiary/aromatic N) is 2. The zero-order chi connectivity index (χ0) is 18.0. The van der Waals surface area contributed by atoms with Crippen molar-refractivity contribution in [3.05, 3.63) is 69.6 Å². The number of hydrogen-bond acceptors (Lipinski definition) is 3. The topological polar surface area (TPSA) is 73.5 Å². The average molecular weight is 339 g/mol. The van der Waals surface area contributed by atoms with E-state index >= 15 is 0 Å². The molecule has 3 rings (SSSR count). The number of fused-ring (bicyclic) bond motifs is 1. The fraction of sp³-hybridized carbons (Fsp3) is 0.316. The Hall–Kier alpha value is -2.89. The highest BCUT2D eigenvalue weighted by Gasteiger charge is 2.34. The monoisotopic (exact) mass is 339 g/mol. The molecule has 130 valence electrons. The van der Waals surface area contributed by atoms with Crippen molar-refractivity contribution < 1.29 is 9.59 Å². The van der Waals surface area contributed by atoms with Gasteiger partial charge in [0.15, 0.2) is 0 Å². The molecule has 6 nitrogen and oxygen atoms in total. The predicted octanol–water partition coefficient (Wildman–Crippen LogP) is 1.31. The van der Waals surface area contributed by atoms with Gasteiger partial charge in [-0.1, -0.05) is 30.3 Å². The second-order valence-corrected chi connectivity index (χ2v) is 6.37. The number of aromatic nitrogens is 1. The number of H-pyrrole nitrogens is 1. The molecule has 2 amide bonds. The van der Waals surface area contributed by atoms with Crippen LogP contribution in [-0.2, 0) is 29.1 Å². The van der Waals surface area contributed by atoms with E-state index in [1.165, 1.54) is 13.0 Å². The highest BCUT2D eigenvalue weighted by molar-refractivity contribution is 5.87. The maximum absolute atomic E-state index is 13.0. The van der Waals surface area contributed by atoms with Gasteiger partial charge in [-0.3, -0.25) is 14.4 Å². The minimum atomic E-state index is -0.521. The molecule has 0 bridgehead atoms. The molecule has 0 saturated carbocycles. The van der Waals surface area contributed by atoms with Crippen LogP contribution < -0.4 is 5.56 Å². The van der Waals surface area contributed by atoms with E-state index in [2.05, 4.69) is 4.98 Å². The molecule has 1 aromatic carbocycles. The Kier molecular flexibility index (Phi) is 4.70. The Morgan fingerprint density at radius 3 is 2.56 bits per heavy atom. The lowest BCUT2D eigenvalue weighted by Crippen LogP contribution is -2.52. The van der Waals surface area contributed by atoms with Gasteiger partial charge in [0.1, 0.15) is 6.04 Å². The largest absolute Gasteiger partial charge is 0.338 e. The molecule has 0 aliphatic carbocycles. The fourth-order valence-electron chi connectivity index (χ4n) is 3.25. The first-order valence-electron chi connectivity index (χ1n) is 8.23. The van der Waals surface area contributed by atoms with Gasteiger partial charge >= 0.3 is 0 Å². The van der Waals surface area contributed by atoms with Crippen molar-refractivity contribution in [1.29, 1.82) is 0 Å². The Morgan fingerprint density at radius 2 is 1.88 bits per heavy atom. The summed E-state index contributed by atoms with van der Waals surface area (Å²) in [6.45, 7) is 2.22.